The number of aromatic amines is 1. The Balaban J connectivity index is 2.24. The molecule has 3 nitrogen and oxygen atoms in total. The number of H-pyrrole nitrogens is 1. The SMILES string of the molecule is CN(C)CCc1nc(=S)c(Br)c(C2CCCC2)[nH]1. The second-order valence-electron chi connectivity index (χ2n) is 5.25. The Morgan fingerprint density at radius 1 is 1.39 bits per heavy atom. The van der Waals surface area contributed by atoms with E-state index in [9.17, 15) is 0 Å². The first-order valence-electron chi connectivity index (χ1n) is 6.51. The van der Waals surface area contributed by atoms with Crippen LogP contribution in [0, 0.1) is 4.64 Å². The van der Waals surface area contributed by atoms with Crippen LogP contribution in [-0.4, -0.2) is 35.5 Å². The summed E-state index contributed by atoms with van der Waals surface area (Å²) in [5.74, 6) is 1.64. The third-order valence-corrected chi connectivity index (χ3v) is 4.86. The minimum Gasteiger partial charge on any atom is -0.346 e. The molecule has 0 bridgehead atoms. The van der Waals surface area contributed by atoms with Gasteiger partial charge in [-0.15, -0.1) is 0 Å². The van der Waals surface area contributed by atoms with Gasteiger partial charge < -0.3 is 9.88 Å². The molecule has 100 valence electrons. The first-order valence-corrected chi connectivity index (χ1v) is 7.71. The summed E-state index contributed by atoms with van der Waals surface area (Å²) in [5, 5.41) is 0. The molecule has 0 aliphatic heterocycles. The van der Waals surface area contributed by atoms with Crippen molar-refractivity contribution in [1.29, 1.82) is 0 Å². The van der Waals surface area contributed by atoms with E-state index in [1.165, 1.54) is 31.4 Å². The molecule has 0 spiro atoms. The van der Waals surface area contributed by atoms with Gasteiger partial charge >= 0.3 is 0 Å². The lowest BCUT2D eigenvalue weighted by Crippen LogP contribution is -2.17. The van der Waals surface area contributed by atoms with Gasteiger partial charge in [-0.3, -0.25) is 0 Å². The zero-order chi connectivity index (χ0) is 13.1. The molecule has 1 N–H and O–H groups in total. The minimum atomic E-state index is 0.627. The number of halogens is 1. The van der Waals surface area contributed by atoms with Gasteiger partial charge in [-0.05, 0) is 42.9 Å². The van der Waals surface area contributed by atoms with Gasteiger partial charge in [0.25, 0.3) is 0 Å². The molecular formula is C13H20BrN3S. The van der Waals surface area contributed by atoms with Crippen molar-refractivity contribution in [3.05, 3.63) is 20.6 Å². The molecule has 1 heterocycles. The van der Waals surface area contributed by atoms with Crippen LogP contribution in [-0.2, 0) is 6.42 Å². The minimum absolute atomic E-state index is 0.627. The van der Waals surface area contributed by atoms with Crippen LogP contribution in [0.15, 0.2) is 4.47 Å². The fourth-order valence-corrected chi connectivity index (χ4v) is 3.20. The zero-order valence-corrected chi connectivity index (χ0v) is 13.4. The summed E-state index contributed by atoms with van der Waals surface area (Å²) in [6.07, 6.45) is 6.10. The van der Waals surface area contributed by atoms with Crippen LogP contribution in [0.4, 0.5) is 0 Å². The van der Waals surface area contributed by atoms with E-state index in [0.29, 0.717) is 10.6 Å². The van der Waals surface area contributed by atoms with Gasteiger partial charge in [-0.1, -0.05) is 25.1 Å². The predicted octanol–water partition coefficient (Wildman–Crippen LogP) is 3.66. The molecule has 1 saturated carbocycles. The number of nitrogens with one attached hydrogen (secondary N) is 1. The number of likely N-dealkylation sites (N-methyl/N-ethyl adjacent to an activating group) is 1. The monoisotopic (exact) mass is 329 g/mol. The predicted molar refractivity (Wildman–Crippen MR) is 80.6 cm³/mol. The lowest BCUT2D eigenvalue weighted by atomic mass is 10.0. The number of rotatable bonds is 4. The Hall–Kier alpha value is -0.260. The highest BCUT2D eigenvalue weighted by molar-refractivity contribution is 9.10. The highest BCUT2D eigenvalue weighted by Crippen LogP contribution is 2.36. The van der Waals surface area contributed by atoms with Crippen LogP contribution < -0.4 is 0 Å². The lowest BCUT2D eigenvalue weighted by Gasteiger charge is -2.15. The van der Waals surface area contributed by atoms with E-state index < -0.39 is 0 Å². The van der Waals surface area contributed by atoms with Crippen molar-refractivity contribution >= 4 is 28.1 Å². The second kappa shape index (κ2) is 6.26. The summed E-state index contributed by atoms with van der Waals surface area (Å²) in [4.78, 5) is 10.1. The molecule has 0 unspecified atom stereocenters. The largest absolute Gasteiger partial charge is 0.346 e. The van der Waals surface area contributed by atoms with E-state index in [1.54, 1.807) is 0 Å². The third-order valence-electron chi connectivity index (χ3n) is 3.50. The molecule has 1 fully saturated rings. The summed E-state index contributed by atoms with van der Waals surface area (Å²) >= 11 is 8.95. The van der Waals surface area contributed by atoms with Gasteiger partial charge in [0.1, 0.15) is 10.5 Å². The van der Waals surface area contributed by atoms with E-state index in [1.807, 2.05) is 0 Å². The summed E-state index contributed by atoms with van der Waals surface area (Å²) in [6, 6.07) is 0. The summed E-state index contributed by atoms with van der Waals surface area (Å²) < 4.78 is 1.70. The van der Waals surface area contributed by atoms with Crippen LogP contribution in [0.2, 0.25) is 0 Å². The lowest BCUT2D eigenvalue weighted by molar-refractivity contribution is 0.409. The maximum absolute atomic E-state index is 5.35. The Bertz CT molecular complexity index is 464. The topological polar surface area (TPSA) is 31.9 Å². The molecule has 0 aromatic carbocycles. The van der Waals surface area contributed by atoms with Crippen molar-refractivity contribution in [2.75, 3.05) is 20.6 Å². The van der Waals surface area contributed by atoms with Gasteiger partial charge in [-0.2, -0.15) is 0 Å². The van der Waals surface area contributed by atoms with Crippen molar-refractivity contribution in [2.45, 2.75) is 38.0 Å². The van der Waals surface area contributed by atoms with Crippen molar-refractivity contribution < 1.29 is 0 Å². The van der Waals surface area contributed by atoms with Gasteiger partial charge in [0.05, 0.1) is 4.47 Å². The molecule has 2 rings (SSSR count). The summed E-state index contributed by atoms with van der Waals surface area (Å²) in [5.41, 5.74) is 1.27. The average Bonchev–Trinajstić information content (AvgIpc) is 2.84. The van der Waals surface area contributed by atoms with Crippen molar-refractivity contribution in [1.82, 2.24) is 14.9 Å². The average molecular weight is 330 g/mol. The molecule has 5 heteroatoms. The van der Waals surface area contributed by atoms with Crippen LogP contribution in [0.25, 0.3) is 0 Å². The number of hydrogen-bond acceptors (Lipinski definition) is 3. The molecule has 1 aliphatic rings. The van der Waals surface area contributed by atoms with Crippen LogP contribution in [0.1, 0.15) is 43.1 Å². The second-order valence-corrected chi connectivity index (χ2v) is 6.43. The third kappa shape index (κ3) is 3.39. The Labute approximate surface area is 122 Å². The molecule has 1 aromatic heterocycles. The van der Waals surface area contributed by atoms with E-state index >= 15 is 0 Å². The summed E-state index contributed by atoms with van der Waals surface area (Å²) in [6.45, 7) is 0.990. The highest BCUT2D eigenvalue weighted by atomic mass is 79.9. The highest BCUT2D eigenvalue weighted by Gasteiger charge is 2.21. The van der Waals surface area contributed by atoms with Crippen molar-refractivity contribution in [3.63, 3.8) is 0 Å². The van der Waals surface area contributed by atoms with E-state index in [0.717, 1.165) is 23.3 Å². The molecule has 0 saturated heterocycles. The number of hydrogen-bond donors (Lipinski definition) is 1. The molecule has 0 atom stereocenters. The number of aromatic nitrogens is 2. The normalized spacial score (nSPS) is 16.7. The van der Waals surface area contributed by atoms with Crippen LogP contribution in [0.5, 0.6) is 0 Å². The quantitative estimate of drug-likeness (QED) is 0.855. The van der Waals surface area contributed by atoms with E-state index in [2.05, 4.69) is 44.9 Å². The van der Waals surface area contributed by atoms with Crippen molar-refractivity contribution in [3.8, 4) is 0 Å². The first kappa shape index (κ1) is 14.2. The molecular weight excluding hydrogens is 310 g/mol. The molecule has 1 aliphatic carbocycles. The maximum atomic E-state index is 5.35. The maximum Gasteiger partial charge on any atom is 0.144 e. The van der Waals surface area contributed by atoms with Gasteiger partial charge in [0, 0.05) is 24.6 Å². The van der Waals surface area contributed by atoms with E-state index in [4.69, 9.17) is 12.2 Å². The molecule has 0 radical (unpaired) electrons. The van der Waals surface area contributed by atoms with Crippen molar-refractivity contribution in [2.24, 2.45) is 0 Å². The fourth-order valence-electron chi connectivity index (χ4n) is 2.47. The smallest absolute Gasteiger partial charge is 0.144 e. The fraction of sp³-hybridized carbons (Fsp3) is 0.692. The summed E-state index contributed by atoms with van der Waals surface area (Å²) in [7, 11) is 4.15. The van der Waals surface area contributed by atoms with Crippen LogP contribution in [0.3, 0.4) is 0 Å². The van der Waals surface area contributed by atoms with E-state index in [-0.39, 0.29) is 0 Å². The van der Waals surface area contributed by atoms with Gasteiger partial charge in [0.2, 0.25) is 0 Å². The first-order chi connectivity index (χ1) is 8.58. The van der Waals surface area contributed by atoms with Gasteiger partial charge in [-0.25, -0.2) is 4.98 Å². The Kier molecular flexibility index (Phi) is 4.92. The molecule has 0 amide bonds. The molecule has 1 aromatic rings. The Morgan fingerprint density at radius 2 is 2.06 bits per heavy atom. The standard InChI is InChI=1S/C13H20BrN3S/c1-17(2)8-7-10-15-12(9-5-3-4-6-9)11(14)13(18)16-10/h9H,3-8H2,1-2H3,(H,15,16,18). The zero-order valence-electron chi connectivity index (χ0n) is 11.0. The Morgan fingerprint density at radius 3 is 2.67 bits per heavy atom. The van der Waals surface area contributed by atoms with Crippen LogP contribution >= 0.6 is 28.1 Å². The number of nitrogens with zero attached hydrogens (tertiary/aromatic N) is 2. The molecule has 18 heavy (non-hydrogen) atoms. The van der Waals surface area contributed by atoms with Gasteiger partial charge in [0.15, 0.2) is 0 Å².